The molecule has 0 bridgehead atoms. The summed E-state index contributed by atoms with van der Waals surface area (Å²) in [5.74, 6) is 0.836. The summed E-state index contributed by atoms with van der Waals surface area (Å²) in [5, 5.41) is 22.5. The van der Waals surface area contributed by atoms with E-state index in [9.17, 15) is 10.2 Å². The molecular formula is C12H17N3O2. The van der Waals surface area contributed by atoms with Crippen molar-refractivity contribution in [2.75, 3.05) is 13.6 Å². The first-order valence-electron chi connectivity index (χ1n) is 5.59. The number of aliphatic hydroxyl groups is 2. The molecule has 1 aromatic carbocycles. The van der Waals surface area contributed by atoms with Gasteiger partial charge >= 0.3 is 0 Å². The van der Waals surface area contributed by atoms with Gasteiger partial charge in [0.05, 0.1) is 17.1 Å². The third kappa shape index (κ3) is 2.46. The van der Waals surface area contributed by atoms with Crippen molar-refractivity contribution in [1.29, 1.82) is 0 Å². The molecule has 0 spiro atoms. The van der Waals surface area contributed by atoms with Gasteiger partial charge in [0.1, 0.15) is 11.9 Å². The highest BCUT2D eigenvalue weighted by Gasteiger charge is 2.18. The van der Waals surface area contributed by atoms with Crippen LogP contribution in [0.4, 0.5) is 0 Å². The Morgan fingerprint density at radius 3 is 2.88 bits per heavy atom. The fourth-order valence-electron chi connectivity index (χ4n) is 1.88. The highest BCUT2D eigenvalue weighted by Crippen LogP contribution is 2.21. The fourth-order valence-corrected chi connectivity index (χ4v) is 1.88. The summed E-state index contributed by atoms with van der Waals surface area (Å²) in [4.78, 5) is 7.39. The molecule has 1 heterocycles. The van der Waals surface area contributed by atoms with Crippen molar-refractivity contribution in [2.24, 2.45) is 0 Å². The van der Waals surface area contributed by atoms with Crippen molar-refractivity contribution in [3.05, 3.63) is 29.6 Å². The van der Waals surface area contributed by atoms with Crippen LogP contribution in [0.1, 0.15) is 17.5 Å². The second-order valence-electron chi connectivity index (χ2n) is 4.17. The van der Waals surface area contributed by atoms with E-state index < -0.39 is 12.2 Å². The van der Waals surface area contributed by atoms with Crippen LogP contribution in [0.2, 0.25) is 0 Å². The lowest BCUT2D eigenvalue weighted by atomic mass is 10.0. The number of aromatic nitrogens is 2. The number of aliphatic hydroxyl groups excluding tert-OH is 2. The number of rotatable bonds is 4. The van der Waals surface area contributed by atoms with Gasteiger partial charge in [0.25, 0.3) is 0 Å². The van der Waals surface area contributed by atoms with Gasteiger partial charge < -0.3 is 20.5 Å². The average Bonchev–Trinajstić information content (AvgIpc) is 2.67. The number of fused-ring (bicyclic) bond motifs is 1. The van der Waals surface area contributed by atoms with Crippen molar-refractivity contribution in [1.82, 2.24) is 15.3 Å². The van der Waals surface area contributed by atoms with Gasteiger partial charge in [-0.3, -0.25) is 0 Å². The molecule has 0 aliphatic heterocycles. The summed E-state index contributed by atoms with van der Waals surface area (Å²) >= 11 is 0. The Morgan fingerprint density at radius 2 is 2.18 bits per heavy atom. The molecule has 2 rings (SSSR count). The summed E-state index contributed by atoms with van der Waals surface area (Å²) < 4.78 is 0. The number of nitrogens with zero attached hydrogens (tertiary/aromatic N) is 1. The highest BCUT2D eigenvalue weighted by atomic mass is 16.3. The van der Waals surface area contributed by atoms with Gasteiger partial charge in [0.2, 0.25) is 0 Å². The number of aromatic amines is 1. The van der Waals surface area contributed by atoms with E-state index in [2.05, 4.69) is 15.3 Å². The summed E-state index contributed by atoms with van der Waals surface area (Å²) in [6.45, 7) is 2.23. The molecule has 17 heavy (non-hydrogen) atoms. The van der Waals surface area contributed by atoms with Crippen molar-refractivity contribution >= 4 is 11.0 Å². The SMILES string of the molecule is CNCC(O)C(O)c1ccc2nc(C)[nH]c2c1. The lowest BCUT2D eigenvalue weighted by Crippen LogP contribution is -2.29. The van der Waals surface area contributed by atoms with E-state index in [1.54, 1.807) is 13.1 Å². The second kappa shape index (κ2) is 4.83. The lowest BCUT2D eigenvalue weighted by Gasteiger charge is -2.17. The number of benzene rings is 1. The molecule has 92 valence electrons. The molecule has 0 fully saturated rings. The van der Waals surface area contributed by atoms with E-state index in [-0.39, 0.29) is 0 Å². The van der Waals surface area contributed by atoms with Crippen molar-refractivity contribution in [3.8, 4) is 0 Å². The zero-order valence-electron chi connectivity index (χ0n) is 9.94. The van der Waals surface area contributed by atoms with Gasteiger partial charge in [-0.2, -0.15) is 0 Å². The van der Waals surface area contributed by atoms with Crippen LogP contribution in [0.3, 0.4) is 0 Å². The maximum absolute atomic E-state index is 9.96. The average molecular weight is 235 g/mol. The van der Waals surface area contributed by atoms with Crippen LogP contribution in [0.25, 0.3) is 11.0 Å². The van der Waals surface area contributed by atoms with Gasteiger partial charge in [-0.1, -0.05) is 6.07 Å². The lowest BCUT2D eigenvalue weighted by molar-refractivity contribution is 0.0203. The van der Waals surface area contributed by atoms with Crippen LogP contribution < -0.4 is 5.32 Å². The molecule has 0 saturated heterocycles. The standard InChI is InChI=1S/C12H17N3O2/c1-7-14-9-4-3-8(5-10(9)15-7)12(17)11(16)6-13-2/h3-5,11-13,16-17H,6H2,1-2H3,(H,14,15). The number of H-pyrrole nitrogens is 1. The number of nitrogens with one attached hydrogen (secondary N) is 2. The topological polar surface area (TPSA) is 81.2 Å². The van der Waals surface area contributed by atoms with Gasteiger partial charge in [-0.05, 0) is 31.7 Å². The van der Waals surface area contributed by atoms with E-state index in [0.29, 0.717) is 12.1 Å². The van der Waals surface area contributed by atoms with E-state index >= 15 is 0 Å². The maximum atomic E-state index is 9.96. The number of hydrogen-bond acceptors (Lipinski definition) is 4. The van der Waals surface area contributed by atoms with E-state index in [1.165, 1.54) is 0 Å². The van der Waals surface area contributed by atoms with Crippen molar-refractivity contribution in [3.63, 3.8) is 0 Å². The predicted molar refractivity (Wildman–Crippen MR) is 65.7 cm³/mol. The van der Waals surface area contributed by atoms with Crippen LogP contribution >= 0.6 is 0 Å². The van der Waals surface area contributed by atoms with Crippen LogP contribution in [-0.4, -0.2) is 39.9 Å². The fraction of sp³-hybridized carbons (Fsp3) is 0.417. The van der Waals surface area contributed by atoms with Crippen LogP contribution in [0, 0.1) is 6.92 Å². The Hall–Kier alpha value is -1.43. The van der Waals surface area contributed by atoms with Crippen molar-refractivity contribution < 1.29 is 10.2 Å². The van der Waals surface area contributed by atoms with Crippen LogP contribution in [-0.2, 0) is 0 Å². The first-order valence-corrected chi connectivity index (χ1v) is 5.59. The zero-order valence-corrected chi connectivity index (χ0v) is 9.94. The van der Waals surface area contributed by atoms with E-state index in [4.69, 9.17) is 0 Å². The minimum Gasteiger partial charge on any atom is -0.389 e. The predicted octanol–water partition coefficient (Wildman–Crippen LogP) is 0.485. The Kier molecular flexibility index (Phi) is 3.42. The van der Waals surface area contributed by atoms with Crippen LogP contribution in [0.5, 0.6) is 0 Å². The molecular weight excluding hydrogens is 218 g/mol. The first kappa shape index (κ1) is 12.0. The molecule has 0 radical (unpaired) electrons. The number of imidazole rings is 1. The van der Waals surface area contributed by atoms with Crippen LogP contribution in [0.15, 0.2) is 18.2 Å². The molecule has 0 saturated carbocycles. The second-order valence-corrected chi connectivity index (χ2v) is 4.17. The Labute approximate surface area is 99.5 Å². The maximum Gasteiger partial charge on any atom is 0.106 e. The van der Waals surface area contributed by atoms with Gasteiger partial charge in [0, 0.05) is 6.54 Å². The van der Waals surface area contributed by atoms with Crippen molar-refractivity contribution in [2.45, 2.75) is 19.1 Å². The third-order valence-corrected chi connectivity index (χ3v) is 2.74. The summed E-state index contributed by atoms with van der Waals surface area (Å²) in [5.41, 5.74) is 2.42. The van der Waals surface area contributed by atoms with E-state index in [0.717, 1.165) is 16.9 Å². The monoisotopic (exact) mass is 235 g/mol. The normalized spacial score (nSPS) is 15.1. The molecule has 0 amide bonds. The summed E-state index contributed by atoms with van der Waals surface area (Å²) in [6.07, 6.45) is -1.71. The minimum absolute atomic E-state index is 0.348. The van der Waals surface area contributed by atoms with Gasteiger partial charge in [-0.25, -0.2) is 4.98 Å². The molecule has 2 aromatic rings. The summed E-state index contributed by atoms with van der Waals surface area (Å²) in [6, 6.07) is 5.44. The van der Waals surface area contributed by atoms with Gasteiger partial charge in [-0.15, -0.1) is 0 Å². The largest absolute Gasteiger partial charge is 0.389 e. The third-order valence-electron chi connectivity index (χ3n) is 2.74. The molecule has 4 N–H and O–H groups in total. The van der Waals surface area contributed by atoms with Gasteiger partial charge in [0.15, 0.2) is 0 Å². The number of hydrogen-bond donors (Lipinski definition) is 4. The quantitative estimate of drug-likeness (QED) is 0.621. The molecule has 5 nitrogen and oxygen atoms in total. The molecule has 0 aliphatic carbocycles. The molecule has 2 atom stereocenters. The zero-order chi connectivity index (χ0) is 12.4. The first-order chi connectivity index (χ1) is 8.11. The summed E-state index contributed by atoms with van der Waals surface area (Å²) in [7, 11) is 1.73. The molecule has 1 aromatic heterocycles. The molecule has 2 unspecified atom stereocenters. The molecule has 0 aliphatic rings. The van der Waals surface area contributed by atoms with E-state index in [1.807, 2.05) is 19.1 Å². The Balaban J connectivity index is 2.28. The number of likely N-dealkylation sites (N-methyl/N-ethyl adjacent to an activating group) is 1. The smallest absolute Gasteiger partial charge is 0.106 e. The Morgan fingerprint density at radius 1 is 1.41 bits per heavy atom. The Bertz CT molecular complexity index is 509. The molecule has 5 heteroatoms. The highest BCUT2D eigenvalue weighted by molar-refractivity contribution is 5.75. The minimum atomic E-state index is -0.893. The number of aryl methyl sites for hydroxylation is 1.